The van der Waals surface area contributed by atoms with Crippen molar-refractivity contribution in [2.24, 2.45) is 5.92 Å². The molecule has 0 saturated carbocycles. The van der Waals surface area contributed by atoms with Crippen molar-refractivity contribution in [3.05, 3.63) is 36.9 Å². The molecule has 0 bridgehead atoms. The van der Waals surface area contributed by atoms with Crippen molar-refractivity contribution in [1.82, 2.24) is 24.4 Å². The van der Waals surface area contributed by atoms with E-state index in [2.05, 4.69) is 20.1 Å². The number of aromatic nitrogens is 3. The first-order chi connectivity index (χ1) is 13.5. The number of hydrogen-bond acceptors (Lipinski definition) is 6. The number of rotatable bonds is 5. The number of para-hydroxylation sites is 1. The van der Waals surface area contributed by atoms with E-state index < -0.39 is 10.0 Å². The Morgan fingerprint density at radius 3 is 2.75 bits per heavy atom. The summed E-state index contributed by atoms with van der Waals surface area (Å²) in [5, 5.41) is 7.34. The Hall–Kier alpha value is -2.46. The lowest BCUT2D eigenvalue weighted by Gasteiger charge is -2.39. The van der Waals surface area contributed by atoms with Gasteiger partial charge < -0.3 is 10.2 Å². The van der Waals surface area contributed by atoms with Gasteiger partial charge in [-0.1, -0.05) is 12.1 Å². The SMILES string of the molecule is O=C(CCCn1cncn1)N1CCC(C2Nc3ccccc3S(=O)(=O)N2)CC1. The molecule has 10 heteroatoms. The number of benzene rings is 1. The molecule has 3 heterocycles. The Morgan fingerprint density at radius 1 is 1.21 bits per heavy atom. The number of anilines is 1. The van der Waals surface area contributed by atoms with Gasteiger partial charge in [0.15, 0.2) is 0 Å². The smallest absolute Gasteiger partial charge is 0.244 e. The Bertz CT molecular complexity index is 923. The van der Waals surface area contributed by atoms with Crippen LogP contribution in [0, 0.1) is 5.92 Å². The van der Waals surface area contributed by atoms with Crippen LogP contribution in [0.4, 0.5) is 5.69 Å². The summed E-state index contributed by atoms with van der Waals surface area (Å²) in [5.41, 5.74) is 0.637. The maximum Gasteiger partial charge on any atom is 0.244 e. The Morgan fingerprint density at radius 2 is 2.00 bits per heavy atom. The van der Waals surface area contributed by atoms with E-state index in [0.29, 0.717) is 31.7 Å². The zero-order valence-corrected chi connectivity index (χ0v) is 16.3. The van der Waals surface area contributed by atoms with Gasteiger partial charge >= 0.3 is 0 Å². The molecule has 150 valence electrons. The minimum Gasteiger partial charge on any atom is -0.368 e. The molecule has 0 spiro atoms. The van der Waals surface area contributed by atoms with Gasteiger partial charge in [0.25, 0.3) is 0 Å². The van der Waals surface area contributed by atoms with Crippen molar-refractivity contribution in [2.75, 3.05) is 18.4 Å². The van der Waals surface area contributed by atoms with E-state index in [0.717, 1.165) is 19.3 Å². The van der Waals surface area contributed by atoms with Crippen LogP contribution in [-0.4, -0.2) is 53.2 Å². The second-order valence-electron chi connectivity index (χ2n) is 7.22. The first kappa shape index (κ1) is 18.9. The third-order valence-corrected chi connectivity index (χ3v) is 6.88. The van der Waals surface area contributed by atoms with Crippen LogP contribution in [0.3, 0.4) is 0 Å². The van der Waals surface area contributed by atoms with Crippen LogP contribution >= 0.6 is 0 Å². The molecule has 0 aliphatic carbocycles. The van der Waals surface area contributed by atoms with Crippen molar-refractivity contribution < 1.29 is 13.2 Å². The van der Waals surface area contributed by atoms with Gasteiger partial charge in [-0.05, 0) is 37.3 Å². The number of nitrogens with zero attached hydrogens (tertiary/aromatic N) is 4. The lowest BCUT2D eigenvalue weighted by atomic mass is 9.93. The molecule has 2 aliphatic rings. The Kier molecular flexibility index (Phi) is 5.31. The molecule has 2 N–H and O–H groups in total. The number of amides is 1. The molecular weight excluding hydrogens is 380 g/mol. The molecule has 2 aromatic rings. The van der Waals surface area contributed by atoms with Gasteiger partial charge in [0.2, 0.25) is 15.9 Å². The van der Waals surface area contributed by atoms with Crippen molar-refractivity contribution >= 4 is 21.6 Å². The van der Waals surface area contributed by atoms with Crippen molar-refractivity contribution in [2.45, 2.75) is 43.3 Å². The first-order valence-corrected chi connectivity index (χ1v) is 11.0. The van der Waals surface area contributed by atoms with Crippen molar-refractivity contribution in [1.29, 1.82) is 0 Å². The van der Waals surface area contributed by atoms with Crippen LogP contribution < -0.4 is 10.0 Å². The number of piperidine rings is 1. The molecule has 1 atom stereocenters. The summed E-state index contributed by atoms with van der Waals surface area (Å²) in [4.78, 5) is 18.5. The molecule has 1 saturated heterocycles. The number of hydrogen-bond donors (Lipinski definition) is 2. The minimum absolute atomic E-state index is 0.140. The summed E-state index contributed by atoms with van der Waals surface area (Å²) in [6.45, 7) is 1.97. The van der Waals surface area contributed by atoms with Crippen LogP contribution in [0.1, 0.15) is 25.7 Å². The molecule has 1 aromatic heterocycles. The molecule has 1 aromatic carbocycles. The average molecular weight is 404 g/mol. The van der Waals surface area contributed by atoms with E-state index in [9.17, 15) is 13.2 Å². The van der Waals surface area contributed by atoms with E-state index in [1.54, 1.807) is 29.2 Å². The zero-order chi connectivity index (χ0) is 19.6. The summed E-state index contributed by atoms with van der Waals surface area (Å²) in [7, 11) is -3.51. The van der Waals surface area contributed by atoms with Crippen molar-refractivity contribution in [3.8, 4) is 0 Å². The third-order valence-electron chi connectivity index (χ3n) is 5.38. The van der Waals surface area contributed by atoms with Crippen molar-refractivity contribution in [3.63, 3.8) is 0 Å². The highest BCUT2D eigenvalue weighted by atomic mass is 32.2. The number of nitrogens with one attached hydrogen (secondary N) is 2. The van der Waals surface area contributed by atoms with Crippen LogP contribution in [0.25, 0.3) is 0 Å². The van der Waals surface area contributed by atoms with Gasteiger partial charge in [-0.2, -0.15) is 9.82 Å². The summed E-state index contributed by atoms with van der Waals surface area (Å²) >= 11 is 0. The Balaban J connectivity index is 1.29. The Labute approximate surface area is 164 Å². The maximum atomic E-state index is 12.5. The normalized spacial score (nSPS) is 21.7. The highest BCUT2D eigenvalue weighted by molar-refractivity contribution is 7.89. The maximum absolute atomic E-state index is 12.5. The van der Waals surface area contributed by atoms with Crippen LogP contribution in [-0.2, 0) is 21.4 Å². The van der Waals surface area contributed by atoms with Gasteiger partial charge in [-0.25, -0.2) is 13.4 Å². The number of aryl methyl sites for hydroxylation is 1. The molecule has 1 amide bonds. The van der Waals surface area contributed by atoms with Crippen LogP contribution in [0.2, 0.25) is 0 Å². The molecule has 4 rings (SSSR count). The number of likely N-dealkylation sites (tertiary alicyclic amines) is 1. The predicted molar refractivity (Wildman–Crippen MR) is 103 cm³/mol. The highest BCUT2D eigenvalue weighted by Crippen LogP contribution is 2.30. The fourth-order valence-corrected chi connectivity index (χ4v) is 5.23. The zero-order valence-electron chi connectivity index (χ0n) is 15.5. The van der Waals surface area contributed by atoms with E-state index in [1.807, 2.05) is 11.0 Å². The van der Waals surface area contributed by atoms with E-state index in [1.165, 1.54) is 6.33 Å². The average Bonchev–Trinajstić information content (AvgIpc) is 3.21. The fraction of sp³-hybridized carbons (Fsp3) is 0.500. The monoisotopic (exact) mass is 404 g/mol. The summed E-state index contributed by atoms with van der Waals surface area (Å²) in [5.74, 6) is 0.281. The standard InChI is InChI=1S/C18H24N6O3S/c25-17(6-3-9-24-13-19-12-20-24)23-10-7-14(8-11-23)18-21-15-4-1-2-5-16(15)28(26,27)22-18/h1-2,4-5,12-14,18,21-22H,3,6-11H2. The molecule has 0 radical (unpaired) electrons. The molecule has 2 aliphatic heterocycles. The molecule has 9 nitrogen and oxygen atoms in total. The minimum atomic E-state index is -3.51. The quantitative estimate of drug-likeness (QED) is 0.770. The third kappa shape index (κ3) is 4.02. The number of fused-ring (bicyclic) bond motifs is 1. The number of carbonyl (C=O) groups excluding carboxylic acids is 1. The van der Waals surface area contributed by atoms with Crippen LogP contribution in [0.15, 0.2) is 41.8 Å². The lowest BCUT2D eigenvalue weighted by molar-refractivity contribution is -0.132. The molecule has 28 heavy (non-hydrogen) atoms. The topological polar surface area (TPSA) is 109 Å². The second kappa shape index (κ2) is 7.88. The summed E-state index contributed by atoms with van der Waals surface area (Å²) in [6, 6.07) is 6.92. The summed E-state index contributed by atoms with van der Waals surface area (Å²) < 4.78 is 29.4. The van der Waals surface area contributed by atoms with E-state index in [4.69, 9.17) is 0 Å². The van der Waals surface area contributed by atoms with E-state index in [-0.39, 0.29) is 22.9 Å². The second-order valence-corrected chi connectivity index (χ2v) is 8.90. The van der Waals surface area contributed by atoms with Gasteiger partial charge in [-0.15, -0.1) is 0 Å². The molecule has 1 fully saturated rings. The lowest BCUT2D eigenvalue weighted by Crippen LogP contribution is -2.52. The highest BCUT2D eigenvalue weighted by Gasteiger charge is 2.35. The summed E-state index contributed by atoms with van der Waals surface area (Å²) in [6.07, 6.45) is 5.51. The van der Waals surface area contributed by atoms with Gasteiger partial charge in [0, 0.05) is 26.1 Å². The van der Waals surface area contributed by atoms with Gasteiger partial charge in [0.1, 0.15) is 17.6 Å². The fourth-order valence-electron chi connectivity index (χ4n) is 3.84. The van der Waals surface area contributed by atoms with Crippen LogP contribution in [0.5, 0.6) is 0 Å². The van der Waals surface area contributed by atoms with E-state index >= 15 is 0 Å². The molecular formula is C18H24N6O3S. The largest absolute Gasteiger partial charge is 0.368 e. The first-order valence-electron chi connectivity index (χ1n) is 9.51. The molecule has 1 unspecified atom stereocenters. The van der Waals surface area contributed by atoms with Gasteiger partial charge in [-0.3, -0.25) is 9.48 Å². The predicted octanol–water partition coefficient (Wildman–Crippen LogP) is 1.03. The van der Waals surface area contributed by atoms with Gasteiger partial charge in [0.05, 0.1) is 11.9 Å². The number of carbonyl (C=O) groups is 1. The number of sulfonamides is 1.